The number of fused-ring (bicyclic) bond motifs is 1. The number of nitrogens with zero attached hydrogens (tertiary/aromatic N) is 2. The Morgan fingerprint density at radius 3 is 2.60 bits per heavy atom. The van der Waals surface area contributed by atoms with Crippen LogP contribution in [0.2, 0.25) is 5.02 Å². The van der Waals surface area contributed by atoms with Crippen molar-refractivity contribution in [2.75, 3.05) is 0 Å². The molecule has 2 aromatic heterocycles. The Kier molecular flexibility index (Phi) is 2.61. The van der Waals surface area contributed by atoms with Crippen molar-refractivity contribution in [3.8, 4) is 0 Å². The van der Waals surface area contributed by atoms with Crippen LogP contribution in [0, 0.1) is 6.92 Å². The van der Waals surface area contributed by atoms with Crippen molar-refractivity contribution in [2.24, 2.45) is 0 Å². The summed E-state index contributed by atoms with van der Waals surface area (Å²) in [6, 6.07) is 5.84. The van der Waals surface area contributed by atoms with Crippen molar-refractivity contribution in [1.29, 1.82) is 0 Å². The third-order valence-corrected chi connectivity index (χ3v) is 2.69. The fourth-order valence-corrected chi connectivity index (χ4v) is 1.73. The van der Waals surface area contributed by atoms with Crippen LogP contribution in [0.5, 0.6) is 0 Å². The van der Waals surface area contributed by atoms with Gasteiger partial charge in [0.1, 0.15) is 0 Å². The number of hydrogen-bond acceptors (Lipinski definition) is 2. The van der Waals surface area contributed by atoms with E-state index in [9.17, 15) is 0 Å². The van der Waals surface area contributed by atoms with E-state index in [1.807, 2.05) is 25.1 Å². The third kappa shape index (κ3) is 1.95. The van der Waals surface area contributed by atoms with Gasteiger partial charge in [0.15, 0.2) is 5.65 Å². The second kappa shape index (κ2) is 3.78. The van der Waals surface area contributed by atoms with Crippen molar-refractivity contribution in [2.45, 2.75) is 26.7 Å². The summed E-state index contributed by atoms with van der Waals surface area (Å²) < 4.78 is 0. The molecule has 0 aliphatic carbocycles. The lowest BCUT2D eigenvalue weighted by Crippen LogP contribution is -1.96. The fourth-order valence-electron chi connectivity index (χ4n) is 1.47. The second-order valence-electron chi connectivity index (χ2n) is 4.01. The zero-order chi connectivity index (χ0) is 11.0. The molecule has 0 N–H and O–H groups in total. The summed E-state index contributed by atoms with van der Waals surface area (Å²) in [7, 11) is 0. The molecule has 0 aromatic carbocycles. The highest BCUT2D eigenvalue weighted by Crippen LogP contribution is 2.25. The van der Waals surface area contributed by atoms with Gasteiger partial charge in [-0.1, -0.05) is 25.4 Å². The maximum Gasteiger partial charge on any atom is 0.161 e. The molecule has 3 heteroatoms. The lowest BCUT2D eigenvalue weighted by Gasteiger charge is -2.07. The van der Waals surface area contributed by atoms with Crippen molar-refractivity contribution in [3.05, 3.63) is 34.6 Å². The van der Waals surface area contributed by atoms with Gasteiger partial charge >= 0.3 is 0 Å². The van der Waals surface area contributed by atoms with Gasteiger partial charge in [0.25, 0.3) is 0 Å². The first kappa shape index (κ1) is 10.4. The molecule has 0 radical (unpaired) electrons. The Morgan fingerprint density at radius 2 is 1.93 bits per heavy atom. The molecule has 15 heavy (non-hydrogen) atoms. The number of rotatable bonds is 1. The van der Waals surface area contributed by atoms with E-state index in [4.69, 9.17) is 11.6 Å². The summed E-state index contributed by atoms with van der Waals surface area (Å²) in [5.74, 6) is 0.370. The highest BCUT2D eigenvalue weighted by Gasteiger charge is 2.07. The zero-order valence-corrected chi connectivity index (χ0v) is 9.84. The van der Waals surface area contributed by atoms with Crippen molar-refractivity contribution >= 4 is 22.6 Å². The molecular formula is C12H13ClN2. The largest absolute Gasteiger partial charge is 0.233 e. The molecule has 0 aliphatic rings. The molecule has 0 saturated carbocycles. The summed E-state index contributed by atoms with van der Waals surface area (Å²) in [4.78, 5) is 8.88. The topological polar surface area (TPSA) is 25.8 Å². The van der Waals surface area contributed by atoms with Gasteiger partial charge in [-0.15, -0.1) is 0 Å². The minimum Gasteiger partial charge on any atom is -0.233 e. The van der Waals surface area contributed by atoms with E-state index in [1.165, 1.54) is 0 Å². The van der Waals surface area contributed by atoms with Gasteiger partial charge in [-0.2, -0.15) is 0 Å². The molecule has 0 saturated heterocycles. The molecule has 2 rings (SSSR count). The highest BCUT2D eigenvalue weighted by atomic mass is 35.5. The van der Waals surface area contributed by atoms with Gasteiger partial charge in [-0.05, 0) is 31.0 Å². The molecule has 0 spiro atoms. The first-order chi connectivity index (χ1) is 7.08. The Morgan fingerprint density at radius 1 is 1.20 bits per heavy atom. The summed E-state index contributed by atoms with van der Waals surface area (Å²) >= 11 is 6.18. The highest BCUT2D eigenvalue weighted by molar-refractivity contribution is 6.35. The maximum absolute atomic E-state index is 6.18. The maximum atomic E-state index is 6.18. The molecule has 0 amide bonds. The van der Waals surface area contributed by atoms with Crippen LogP contribution in [-0.2, 0) is 0 Å². The van der Waals surface area contributed by atoms with Gasteiger partial charge in [-0.3, -0.25) is 0 Å². The SMILES string of the molecule is Cc1ccc2c(Cl)cc(C(C)C)nc2n1. The van der Waals surface area contributed by atoms with Crippen molar-refractivity contribution < 1.29 is 0 Å². The normalized spacial score (nSPS) is 11.3. The quantitative estimate of drug-likeness (QED) is 0.732. The number of aryl methyl sites for hydroxylation is 1. The predicted octanol–water partition coefficient (Wildman–Crippen LogP) is 3.72. The van der Waals surface area contributed by atoms with Crippen LogP contribution in [0.4, 0.5) is 0 Å². The number of aromatic nitrogens is 2. The van der Waals surface area contributed by atoms with Crippen LogP contribution in [0.25, 0.3) is 11.0 Å². The molecule has 0 atom stereocenters. The number of halogens is 1. The number of pyridine rings is 2. The Labute approximate surface area is 94.3 Å². The molecule has 2 nitrogen and oxygen atoms in total. The van der Waals surface area contributed by atoms with Crippen LogP contribution in [0.1, 0.15) is 31.2 Å². The molecule has 0 aliphatic heterocycles. The Bertz CT molecular complexity index is 506. The first-order valence-corrected chi connectivity index (χ1v) is 5.39. The van der Waals surface area contributed by atoms with Crippen LogP contribution in [0.3, 0.4) is 0 Å². The van der Waals surface area contributed by atoms with E-state index in [0.717, 1.165) is 27.4 Å². The molecule has 78 valence electrons. The van der Waals surface area contributed by atoms with Crippen LogP contribution in [-0.4, -0.2) is 9.97 Å². The smallest absolute Gasteiger partial charge is 0.161 e. The summed E-state index contributed by atoms with van der Waals surface area (Å²) in [5.41, 5.74) is 2.70. The van der Waals surface area contributed by atoms with Crippen LogP contribution >= 0.6 is 11.6 Å². The van der Waals surface area contributed by atoms with Gasteiger partial charge < -0.3 is 0 Å². The van der Waals surface area contributed by atoms with Crippen LogP contribution < -0.4 is 0 Å². The summed E-state index contributed by atoms with van der Waals surface area (Å²) in [6.07, 6.45) is 0. The van der Waals surface area contributed by atoms with E-state index < -0.39 is 0 Å². The number of hydrogen-bond donors (Lipinski definition) is 0. The van der Waals surface area contributed by atoms with E-state index in [0.29, 0.717) is 5.92 Å². The zero-order valence-electron chi connectivity index (χ0n) is 9.08. The lowest BCUT2D eigenvalue weighted by molar-refractivity contribution is 0.827. The molecule has 2 heterocycles. The summed E-state index contributed by atoms with van der Waals surface area (Å²) in [6.45, 7) is 6.15. The average molecular weight is 221 g/mol. The minimum absolute atomic E-state index is 0.370. The Balaban J connectivity index is 2.74. The predicted molar refractivity (Wildman–Crippen MR) is 63.4 cm³/mol. The average Bonchev–Trinajstić information content (AvgIpc) is 2.16. The van der Waals surface area contributed by atoms with E-state index in [-0.39, 0.29) is 0 Å². The second-order valence-corrected chi connectivity index (χ2v) is 4.41. The molecule has 2 aromatic rings. The molecule has 0 bridgehead atoms. The monoisotopic (exact) mass is 220 g/mol. The van der Waals surface area contributed by atoms with Crippen LogP contribution in [0.15, 0.2) is 18.2 Å². The molecule has 0 fully saturated rings. The first-order valence-electron chi connectivity index (χ1n) is 5.01. The van der Waals surface area contributed by atoms with Gasteiger partial charge in [0.2, 0.25) is 0 Å². The minimum atomic E-state index is 0.370. The lowest BCUT2D eigenvalue weighted by atomic mass is 10.1. The summed E-state index contributed by atoms with van der Waals surface area (Å²) in [5, 5.41) is 1.66. The van der Waals surface area contributed by atoms with Gasteiger partial charge in [-0.25, -0.2) is 9.97 Å². The van der Waals surface area contributed by atoms with E-state index in [1.54, 1.807) is 0 Å². The van der Waals surface area contributed by atoms with E-state index >= 15 is 0 Å². The van der Waals surface area contributed by atoms with E-state index in [2.05, 4.69) is 23.8 Å². The molecule has 0 unspecified atom stereocenters. The third-order valence-electron chi connectivity index (χ3n) is 2.37. The Hall–Kier alpha value is -1.15. The standard InChI is InChI=1S/C12H13ClN2/c1-7(2)11-6-10(13)9-5-4-8(3)14-12(9)15-11/h4-7H,1-3H3. The van der Waals surface area contributed by atoms with Crippen molar-refractivity contribution in [1.82, 2.24) is 9.97 Å². The fraction of sp³-hybridized carbons (Fsp3) is 0.333. The van der Waals surface area contributed by atoms with Gasteiger partial charge in [0, 0.05) is 16.8 Å². The van der Waals surface area contributed by atoms with Gasteiger partial charge in [0.05, 0.1) is 5.02 Å². The molecular weight excluding hydrogens is 208 g/mol. The van der Waals surface area contributed by atoms with Crippen molar-refractivity contribution in [3.63, 3.8) is 0 Å².